The molecule has 31 heavy (non-hydrogen) atoms. The van der Waals surface area contributed by atoms with Crippen LogP contribution in [0.2, 0.25) is 0 Å². The minimum atomic E-state index is -0.675. The fraction of sp³-hybridized carbons (Fsp3) is 0.261. The molecule has 0 unspecified atom stereocenters. The van der Waals surface area contributed by atoms with Crippen molar-refractivity contribution in [3.63, 3.8) is 0 Å². The van der Waals surface area contributed by atoms with Crippen molar-refractivity contribution in [2.75, 3.05) is 24.3 Å². The van der Waals surface area contributed by atoms with E-state index in [2.05, 4.69) is 4.98 Å². The van der Waals surface area contributed by atoms with Gasteiger partial charge in [0.15, 0.2) is 5.69 Å². The number of anilines is 2. The lowest BCUT2D eigenvalue weighted by atomic mass is 10.1. The number of amides is 1. The van der Waals surface area contributed by atoms with Crippen LogP contribution < -0.4 is 26.6 Å². The third-order valence-electron chi connectivity index (χ3n) is 5.07. The summed E-state index contributed by atoms with van der Waals surface area (Å²) in [6.07, 6.45) is 0.692. The first-order valence-electron chi connectivity index (χ1n) is 10.0. The standard InChI is InChI=1S/C23H26N4O4/c1-3-26(19(28)14-11-16-9-12-18(31-2)13-10-16)20-21(24)27(23(30)25-22(20)29)15-17-7-5-4-6-8-17/h4-10,12-13H,3,11,14-15,24H2,1-2H3,(H,25,29,30). The zero-order chi connectivity index (χ0) is 22.4. The monoisotopic (exact) mass is 422 g/mol. The van der Waals surface area contributed by atoms with Crippen molar-refractivity contribution in [1.29, 1.82) is 0 Å². The van der Waals surface area contributed by atoms with E-state index < -0.39 is 11.2 Å². The molecule has 0 radical (unpaired) electrons. The summed E-state index contributed by atoms with van der Waals surface area (Å²) in [5.41, 5.74) is 6.75. The van der Waals surface area contributed by atoms with Crippen molar-refractivity contribution in [3.8, 4) is 5.75 Å². The van der Waals surface area contributed by atoms with Crippen LogP contribution in [-0.4, -0.2) is 29.1 Å². The number of carbonyl (C=O) groups is 1. The third kappa shape index (κ3) is 5.03. The first-order chi connectivity index (χ1) is 14.9. The van der Waals surface area contributed by atoms with Crippen LogP contribution in [0, 0.1) is 0 Å². The Hall–Kier alpha value is -3.81. The molecule has 0 atom stereocenters. The number of nitrogens with two attached hydrogens (primary N) is 1. The lowest BCUT2D eigenvalue weighted by Crippen LogP contribution is -2.41. The fourth-order valence-corrected chi connectivity index (χ4v) is 3.40. The molecule has 1 aromatic heterocycles. The van der Waals surface area contributed by atoms with E-state index in [1.54, 1.807) is 14.0 Å². The lowest BCUT2D eigenvalue weighted by molar-refractivity contribution is -0.118. The summed E-state index contributed by atoms with van der Waals surface area (Å²) in [5.74, 6) is 0.461. The minimum absolute atomic E-state index is 0.00207. The Balaban J connectivity index is 1.85. The molecule has 3 rings (SSSR count). The van der Waals surface area contributed by atoms with Crippen molar-refractivity contribution in [1.82, 2.24) is 9.55 Å². The number of nitrogens with zero attached hydrogens (tertiary/aromatic N) is 2. The van der Waals surface area contributed by atoms with Crippen molar-refractivity contribution < 1.29 is 9.53 Å². The van der Waals surface area contributed by atoms with Crippen LogP contribution in [0.25, 0.3) is 0 Å². The van der Waals surface area contributed by atoms with Gasteiger partial charge in [0.2, 0.25) is 5.91 Å². The van der Waals surface area contributed by atoms with Gasteiger partial charge in [0.05, 0.1) is 13.7 Å². The summed E-state index contributed by atoms with van der Waals surface area (Å²) in [6.45, 7) is 2.20. The number of nitrogen functional groups attached to an aromatic ring is 1. The van der Waals surface area contributed by atoms with Crippen molar-refractivity contribution >= 4 is 17.4 Å². The lowest BCUT2D eigenvalue weighted by Gasteiger charge is -2.23. The molecule has 1 heterocycles. The molecule has 0 aliphatic rings. The largest absolute Gasteiger partial charge is 0.497 e. The number of aryl methyl sites for hydroxylation is 1. The van der Waals surface area contributed by atoms with E-state index in [0.717, 1.165) is 16.9 Å². The molecule has 0 saturated heterocycles. The Morgan fingerprint density at radius 2 is 1.74 bits per heavy atom. The maximum atomic E-state index is 12.9. The van der Waals surface area contributed by atoms with Crippen molar-refractivity contribution in [3.05, 3.63) is 86.6 Å². The average Bonchev–Trinajstić information content (AvgIpc) is 2.78. The Labute approximate surface area is 179 Å². The first-order valence-corrected chi connectivity index (χ1v) is 10.0. The Kier molecular flexibility index (Phi) is 6.92. The van der Waals surface area contributed by atoms with Crippen LogP contribution in [0.3, 0.4) is 0 Å². The van der Waals surface area contributed by atoms with Crippen LogP contribution in [0.5, 0.6) is 5.75 Å². The first kappa shape index (κ1) is 21.9. The summed E-state index contributed by atoms with van der Waals surface area (Å²) in [4.78, 5) is 41.5. The second-order valence-electron chi connectivity index (χ2n) is 7.05. The normalized spacial score (nSPS) is 10.6. The second kappa shape index (κ2) is 9.80. The van der Waals surface area contributed by atoms with Crippen LogP contribution >= 0.6 is 0 Å². The van der Waals surface area contributed by atoms with E-state index >= 15 is 0 Å². The van der Waals surface area contributed by atoms with Gasteiger partial charge in [-0.3, -0.25) is 19.1 Å². The zero-order valence-corrected chi connectivity index (χ0v) is 17.6. The molecule has 2 aromatic carbocycles. The quantitative estimate of drug-likeness (QED) is 0.578. The smallest absolute Gasteiger partial charge is 0.330 e. The van der Waals surface area contributed by atoms with Crippen LogP contribution in [0.15, 0.2) is 64.2 Å². The highest BCUT2D eigenvalue weighted by Gasteiger charge is 2.23. The Bertz CT molecular complexity index is 1150. The van der Waals surface area contributed by atoms with Crippen LogP contribution in [-0.2, 0) is 17.8 Å². The SMILES string of the molecule is CCN(C(=O)CCc1ccc(OC)cc1)c1c(N)n(Cc2ccccc2)c(=O)[nH]c1=O. The van der Waals surface area contributed by atoms with Gasteiger partial charge in [-0.15, -0.1) is 0 Å². The average molecular weight is 422 g/mol. The molecule has 0 aliphatic carbocycles. The third-order valence-corrected chi connectivity index (χ3v) is 5.07. The molecule has 8 heteroatoms. The molecule has 8 nitrogen and oxygen atoms in total. The van der Waals surface area contributed by atoms with E-state index in [-0.39, 0.29) is 36.9 Å². The number of aromatic nitrogens is 2. The maximum Gasteiger partial charge on any atom is 0.330 e. The number of benzene rings is 2. The van der Waals surface area contributed by atoms with Gasteiger partial charge >= 0.3 is 5.69 Å². The number of carbonyl (C=O) groups excluding carboxylic acids is 1. The zero-order valence-electron chi connectivity index (χ0n) is 17.6. The molecule has 1 amide bonds. The summed E-state index contributed by atoms with van der Waals surface area (Å²) in [5, 5.41) is 0. The predicted molar refractivity (Wildman–Crippen MR) is 121 cm³/mol. The number of ether oxygens (including phenoxy) is 1. The van der Waals surface area contributed by atoms with E-state index in [1.165, 1.54) is 9.47 Å². The van der Waals surface area contributed by atoms with Gasteiger partial charge in [-0.1, -0.05) is 42.5 Å². The van der Waals surface area contributed by atoms with Gasteiger partial charge in [0.25, 0.3) is 5.56 Å². The number of aromatic amines is 1. The summed E-state index contributed by atoms with van der Waals surface area (Å²) in [6, 6.07) is 16.7. The van der Waals surface area contributed by atoms with Gasteiger partial charge < -0.3 is 15.4 Å². The molecule has 162 valence electrons. The minimum Gasteiger partial charge on any atom is -0.497 e. The number of methoxy groups -OCH3 is 1. The van der Waals surface area contributed by atoms with Gasteiger partial charge in [-0.2, -0.15) is 0 Å². The topological polar surface area (TPSA) is 110 Å². The molecular formula is C23H26N4O4. The Morgan fingerprint density at radius 1 is 1.06 bits per heavy atom. The van der Waals surface area contributed by atoms with Crippen molar-refractivity contribution in [2.24, 2.45) is 0 Å². The molecule has 3 aromatic rings. The number of hydrogen-bond donors (Lipinski definition) is 2. The van der Waals surface area contributed by atoms with Gasteiger partial charge in [-0.05, 0) is 36.6 Å². The molecule has 0 fully saturated rings. The second-order valence-corrected chi connectivity index (χ2v) is 7.05. The summed E-state index contributed by atoms with van der Waals surface area (Å²) < 4.78 is 6.41. The molecule has 3 N–H and O–H groups in total. The highest BCUT2D eigenvalue weighted by Crippen LogP contribution is 2.19. The van der Waals surface area contributed by atoms with Crippen molar-refractivity contribution in [2.45, 2.75) is 26.3 Å². The van der Waals surface area contributed by atoms with Crippen LogP contribution in [0.1, 0.15) is 24.5 Å². The highest BCUT2D eigenvalue weighted by atomic mass is 16.5. The van der Waals surface area contributed by atoms with Gasteiger partial charge in [-0.25, -0.2) is 4.79 Å². The van der Waals surface area contributed by atoms with Gasteiger partial charge in [0.1, 0.15) is 11.6 Å². The van der Waals surface area contributed by atoms with Gasteiger partial charge in [0, 0.05) is 13.0 Å². The number of rotatable bonds is 8. The highest BCUT2D eigenvalue weighted by molar-refractivity contribution is 5.95. The van der Waals surface area contributed by atoms with E-state index in [9.17, 15) is 14.4 Å². The molecule has 0 aliphatic heterocycles. The summed E-state index contributed by atoms with van der Waals surface area (Å²) >= 11 is 0. The molecular weight excluding hydrogens is 396 g/mol. The molecule has 0 bridgehead atoms. The summed E-state index contributed by atoms with van der Waals surface area (Å²) in [7, 11) is 1.59. The van der Waals surface area contributed by atoms with E-state index in [4.69, 9.17) is 10.5 Å². The Morgan fingerprint density at radius 3 is 2.35 bits per heavy atom. The number of nitrogens with one attached hydrogen (secondary N) is 1. The molecule has 0 spiro atoms. The predicted octanol–water partition coefficient (Wildman–Crippen LogP) is 2.16. The van der Waals surface area contributed by atoms with E-state index in [0.29, 0.717) is 6.42 Å². The number of H-pyrrole nitrogens is 1. The number of hydrogen-bond acceptors (Lipinski definition) is 5. The fourth-order valence-electron chi connectivity index (χ4n) is 3.40. The maximum absolute atomic E-state index is 12.9. The molecule has 0 saturated carbocycles. The van der Waals surface area contributed by atoms with Crippen LogP contribution in [0.4, 0.5) is 11.5 Å². The van der Waals surface area contributed by atoms with E-state index in [1.807, 2.05) is 54.6 Å².